The first-order valence-corrected chi connectivity index (χ1v) is 11.5. The maximum atomic E-state index is 13.1. The summed E-state index contributed by atoms with van der Waals surface area (Å²) in [5.41, 5.74) is 2.28. The number of para-hydroxylation sites is 2. The van der Waals surface area contributed by atoms with Gasteiger partial charge in [0.15, 0.2) is 5.69 Å². The van der Waals surface area contributed by atoms with E-state index in [1.807, 2.05) is 24.3 Å². The number of aromatic nitrogens is 3. The van der Waals surface area contributed by atoms with Gasteiger partial charge in [-0.2, -0.15) is 5.10 Å². The molecule has 166 valence electrons. The maximum Gasteiger partial charge on any atom is 0.277 e. The predicted octanol–water partition coefficient (Wildman–Crippen LogP) is 3.16. The number of hydrogen-bond donors (Lipinski definition) is 1. The molecule has 1 N–H and O–H groups in total. The average molecular weight is 424 g/mol. The molecule has 1 fully saturated rings. The topological polar surface area (TPSA) is 71.6 Å². The quantitative estimate of drug-likeness (QED) is 0.593. The lowest BCUT2D eigenvalue weighted by atomic mass is 9.99. The van der Waals surface area contributed by atoms with Gasteiger partial charge in [0.05, 0.1) is 11.0 Å². The SMILES string of the molecule is CC(C)Cn1c(=O)c2cc(C(=O)NCCCN3CCC(C)CC3)nn2c2ccccc21. The molecule has 1 aliphatic rings. The lowest BCUT2D eigenvalue weighted by Crippen LogP contribution is -2.35. The maximum absolute atomic E-state index is 13.1. The van der Waals surface area contributed by atoms with Crippen LogP contribution in [0.4, 0.5) is 0 Å². The number of carbonyl (C=O) groups is 1. The van der Waals surface area contributed by atoms with Crippen molar-refractivity contribution < 1.29 is 4.79 Å². The molecule has 1 aromatic carbocycles. The number of rotatable bonds is 7. The summed E-state index contributed by atoms with van der Waals surface area (Å²) in [5.74, 6) is 0.930. The summed E-state index contributed by atoms with van der Waals surface area (Å²) in [5, 5.41) is 7.45. The van der Waals surface area contributed by atoms with Crippen molar-refractivity contribution in [1.82, 2.24) is 24.4 Å². The van der Waals surface area contributed by atoms with Gasteiger partial charge >= 0.3 is 0 Å². The highest BCUT2D eigenvalue weighted by Gasteiger charge is 2.18. The second-order valence-corrected chi connectivity index (χ2v) is 9.26. The standard InChI is InChI=1S/C24H33N5O2/c1-17(2)16-28-20-7-4-5-8-21(20)29-22(24(28)31)15-19(26-29)23(30)25-11-6-12-27-13-9-18(3)10-14-27/h4-5,7-8,15,17-18H,6,9-14,16H2,1-3H3,(H,25,30). The van der Waals surface area contributed by atoms with Gasteiger partial charge in [-0.25, -0.2) is 4.52 Å². The van der Waals surface area contributed by atoms with Crippen LogP contribution in [0.1, 0.15) is 50.5 Å². The van der Waals surface area contributed by atoms with Crippen LogP contribution in [0.2, 0.25) is 0 Å². The van der Waals surface area contributed by atoms with Crippen LogP contribution in [0.5, 0.6) is 0 Å². The van der Waals surface area contributed by atoms with Crippen molar-refractivity contribution in [3.63, 3.8) is 0 Å². The molecular formula is C24H33N5O2. The first-order chi connectivity index (χ1) is 14.9. The van der Waals surface area contributed by atoms with Crippen LogP contribution in [0.3, 0.4) is 0 Å². The minimum Gasteiger partial charge on any atom is -0.351 e. The van der Waals surface area contributed by atoms with Crippen LogP contribution in [0.15, 0.2) is 35.1 Å². The van der Waals surface area contributed by atoms with Gasteiger partial charge in [0, 0.05) is 19.2 Å². The molecule has 0 bridgehead atoms. The van der Waals surface area contributed by atoms with E-state index in [9.17, 15) is 9.59 Å². The minimum absolute atomic E-state index is 0.113. The number of hydrogen-bond acceptors (Lipinski definition) is 4. The Morgan fingerprint density at radius 2 is 1.87 bits per heavy atom. The van der Waals surface area contributed by atoms with Gasteiger partial charge in [-0.15, -0.1) is 0 Å². The summed E-state index contributed by atoms with van der Waals surface area (Å²) in [4.78, 5) is 28.3. The first kappa shape index (κ1) is 21.6. The van der Waals surface area contributed by atoms with Gasteiger partial charge in [0.1, 0.15) is 5.52 Å². The van der Waals surface area contributed by atoms with Crippen molar-refractivity contribution in [3.05, 3.63) is 46.4 Å². The van der Waals surface area contributed by atoms with Crippen molar-refractivity contribution in [2.45, 2.75) is 46.6 Å². The summed E-state index contributed by atoms with van der Waals surface area (Å²) in [6.07, 6.45) is 3.43. The van der Waals surface area contributed by atoms with E-state index in [1.54, 1.807) is 15.1 Å². The fourth-order valence-corrected chi connectivity index (χ4v) is 4.37. The van der Waals surface area contributed by atoms with E-state index in [0.29, 0.717) is 24.5 Å². The van der Waals surface area contributed by atoms with E-state index in [0.717, 1.165) is 43.0 Å². The van der Waals surface area contributed by atoms with Gasteiger partial charge in [-0.1, -0.05) is 32.9 Å². The highest BCUT2D eigenvalue weighted by Crippen LogP contribution is 2.17. The third kappa shape index (κ3) is 4.66. The van der Waals surface area contributed by atoms with Gasteiger partial charge in [-0.05, 0) is 62.9 Å². The summed E-state index contributed by atoms with van der Waals surface area (Å²) < 4.78 is 3.40. The molecule has 7 nitrogen and oxygen atoms in total. The van der Waals surface area contributed by atoms with Crippen LogP contribution < -0.4 is 10.9 Å². The second kappa shape index (κ2) is 9.22. The van der Waals surface area contributed by atoms with Crippen molar-refractivity contribution >= 4 is 22.5 Å². The Bertz CT molecular complexity index is 1120. The van der Waals surface area contributed by atoms with E-state index in [4.69, 9.17) is 0 Å². The molecule has 1 saturated heterocycles. The predicted molar refractivity (Wildman–Crippen MR) is 124 cm³/mol. The van der Waals surface area contributed by atoms with Crippen LogP contribution in [-0.2, 0) is 6.54 Å². The zero-order valence-corrected chi connectivity index (χ0v) is 18.8. The summed E-state index contributed by atoms with van der Waals surface area (Å²) >= 11 is 0. The number of carbonyl (C=O) groups excluding carboxylic acids is 1. The van der Waals surface area contributed by atoms with E-state index in [1.165, 1.54) is 12.8 Å². The number of nitrogens with zero attached hydrogens (tertiary/aromatic N) is 4. The molecule has 0 unspecified atom stereocenters. The Balaban J connectivity index is 1.49. The first-order valence-electron chi connectivity index (χ1n) is 11.5. The number of amides is 1. The summed E-state index contributed by atoms with van der Waals surface area (Å²) in [6, 6.07) is 9.33. The van der Waals surface area contributed by atoms with Gasteiger partial charge in [0.25, 0.3) is 11.5 Å². The Hall–Kier alpha value is -2.67. The molecule has 4 rings (SSSR count). The molecule has 0 radical (unpaired) electrons. The Morgan fingerprint density at radius 1 is 1.16 bits per heavy atom. The monoisotopic (exact) mass is 423 g/mol. The van der Waals surface area contributed by atoms with Crippen LogP contribution in [0.25, 0.3) is 16.6 Å². The highest BCUT2D eigenvalue weighted by molar-refractivity contribution is 5.94. The Kier molecular flexibility index (Phi) is 6.41. The van der Waals surface area contributed by atoms with Crippen LogP contribution in [0, 0.1) is 11.8 Å². The molecule has 0 saturated carbocycles. The lowest BCUT2D eigenvalue weighted by molar-refractivity contribution is 0.0945. The zero-order chi connectivity index (χ0) is 22.0. The van der Waals surface area contributed by atoms with E-state index < -0.39 is 0 Å². The molecule has 0 atom stereocenters. The fraction of sp³-hybridized carbons (Fsp3) is 0.542. The normalized spacial score (nSPS) is 15.9. The molecule has 3 aromatic rings. The molecule has 1 aliphatic heterocycles. The highest BCUT2D eigenvalue weighted by atomic mass is 16.2. The van der Waals surface area contributed by atoms with Gasteiger partial charge in [-0.3, -0.25) is 9.59 Å². The van der Waals surface area contributed by atoms with Crippen LogP contribution in [-0.4, -0.2) is 51.2 Å². The number of benzene rings is 1. The summed E-state index contributed by atoms with van der Waals surface area (Å²) in [6.45, 7) is 11.0. The zero-order valence-electron chi connectivity index (χ0n) is 18.8. The van der Waals surface area contributed by atoms with Crippen molar-refractivity contribution in [2.24, 2.45) is 11.8 Å². The molecule has 7 heteroatoms. The van der Waals surface area contributed by atoms with E-state index in [2.05, 4.69) is 36.1 Å². The number of nitrogens with one attached hydrogen (secondary N) is 1. The molecular weight excluding hydrogens is 390 g/mol. The van der Waals surface area contributed by atoms with Crippen molar-refractivity contribution in [1.29, 1.82) is 0 Å². The molecule has 1 amide bonds. The smallest absolute Gasteiger partial charge is 0.277 e. The van der Waals surface area contributed by atoms with E-state index in [-0.39, 0.29) is 17.2 Å². The van der Waals surface area contributed by atoms with Crippen molar-refractivity contribution in [3.8, 4) is 0 Å². The fourth-order valence-electron chi connectivity index (χ4n) is 4.37. The number of fused-ring (bicyclic) bond motifs is 3. The average Bonchev–Trinajstić information content (AvgIpc) is 3.21. The number of piperidine rings is 1. The van der Waals surface area contributed by atoms with Crippen LogP contribution >= 0.6 is 0 Å². The third-order valence-corrected chi connectivity index (χ3v) is 6.17. The molecule has 2 aromatic heterocycles. The molecule has 3 heterocycles. The lowest BCUT2D eigenvalue weighted by Gasteiger charge is -2.30. The Morgan fingerprint density at radius 3 is 2.58 bits per heavy atom. The second-order valence-electron chi connectivity index (χ2n) is 9.26. The molecule has 0 spiro atoms. The summed E-state index contributed by atoms with van der Waals surface area (Å²) in [7, 11) is 0. The van der Waals surface area contributed by atoms with Gasteiger partial charge in [0.2, 0.25) is 0 Å². The van der Waals surface area contributed by atoms with E-state index >= 15 is 0 Å². The number of likely N-dealkylation sites (tertiary alicyclic amines) is 1. The minimum atomic E-state index is -0.227. The third-order valence-electron chi connectivity index (χ3n) is 6.17. The van der Waals surface area contributed by atoms with Crippen molar-refractivity contribution in [2.75, 3.05) is 26.2 Å². The molecule has 31 heavy (non-hydrogen) atoms. The largest absolute Gasteiger partial charge is 0.351 e. The van der Waals surface area contributed by atoms with Gasteiger partial charge < -0.3 is 14.8 Å². The Labute approximate surface area is 183 Å². The molecule has 0 aliphatic carbocycles.